The molecule has 0 aliphatic heterocycles. The number of carbonyl (C=O) groups excluding carboxylic acids is 1. The standard InChI is InChI=1S/C21H23ClFN3OS.2ClH/c1-24-21-26(18-10-7-16(22)13-20(18)28-21)12-4-3-11-25(2)14-19(27)15-5-8-17(23)9-6-15;;/h5-10,13H,3-4,11-12,14H2,1-2H3;2*1H. The quantitative estimate of drug-likeness (QED) is 0.309. The van der Waals surface area contributed by atoms with Gasteiger partial charge in [-0.05, 0) is 68.9 Å². The third-order valence-electron chi connectivity index (χ3n) is 4.59. The van der Waals surface area contributed by atoms with Crippen LogP contribution in [0.15, 0.2) is 47.5 Å². The lowest BCUT2D eigenvalue weighted by Gasteiger charge is -2.16. The van der Waals surface area contributed by atoms with Gasteiger partial charge < -0.3 is 4.57 Å². The summed E-state index contributed by atoms with van der Waals surface area (Å²) >= 11 is 7.73. The Morgan fingerprint density at radius 3 is 2.53 bits per heavy atom. The number of aromatic nitrogens is 1. The minimum atomic E-state index is -0.330. The predicted octanol–water partition coefficient (Wildman–Crippen LogP) is 5.46. The molecule has 0 spiro atoms. The number of halogens is 4. The molecule has 3 rings (SSSR count). The number of rotatable bonds is 8. The normalized spacial score (nSPS) is 11.4. The summed E-state index contributed by atoms with van der Waals surface area (Å²) in [5, 5.41) is 0.732. The first-order chi connectivity index (χ1) is 13.5. The third kappa shape index (κ3) is 6.79. The van der Waals surface area contributed by atoms with E-state index in [1.165, 1.54) is 24.3 Å². The van der Waals surface area contributed by atoms with Crippen molar-refractivity contribution in [2.45, 2.75) is 19.4 Å². The number of thiazole rings is 1. The number of Topliss-reactive ketones (excluding diaryl/α,β-unsaturated/α-hetero) is 1. The highest BCUT2D eigenvalue weighted by Crippen LogP contribution is 2.22. The van der Waals surface area contributed by atoms with Crippen molar-refractivity contribution in [1.82, 2.24) is 9.47 Å². The van der Waals surface area contributed by atoms with Gasteiger partial charge in [-0.3, -0.25) is 14.7 Å². The van der Waals surface area contributed by atoms with E-state index in [1.807, 2.05) is 30.1 Å². The Balaban J connectivity index is 0.00000225. The van der Waals surface area contributed by atoms with Crippen molar-refractivity contribution in [2.75, 3.05) is 27.2 Å². The van der Waals surface area contributed by atoms with Gasteiger partial charge in [0.15, 0.2) is 10.6 Å². The van der Waals surface area contributed by atoms with E-state index in [9.17, 15) is 9.18 Å². The molecule has 3 aromatic rings. The number of aryl methyl sites for hydroxylation is 1. The molecular formula is C21H25Cl3FN3OS. The minimum Gasteiger partial charge on any atom is -0.317 e. The molecule has 4 nitrogen and oxygen atoms in total. The summed E-state index contributed by atoms with van der Waals surface area (Å²) in [6, 6.07) is 11.6. The van der Waals surface area contributed by atoms with Gasteiger partial charge >= 0.3 is 0 Å². The van der Waals surface area contributed by atoms with Crippen molar-refractivity contribution in [3.05, 3.63) is 63.7 Å². The lowest BCUT2D eigenvalue weighted by molar-refractivity contribution is 0.0945. The maximum Gasteiger partial charge on any atom is 0.185 e. The van der Waals surface area contributed by atoms with Gasteiger partial charge in [0, 0.05) is 24.2 Å². The van der Waals surface area contributed by atoms with Crippen molar-refractivity contribution in [3.63, 3.8) is 0 Å². The topological polar surface area (TPSA) is 37.6 Å². The fraction of sp³-hybridized carbons (Fsp3) is 0.333. The minimum absolute atomic E-state index is 0. The van der Waals surface area contributed by atoms with Gasteiger partial charge in [-0.15, -0.1) is 24.8 Å². The molecule has 0 fully saturated rings. The van der Waals surface area contributed by atoms with Crippen LogP contribution in [0.3, 0.4) is 0 Å². The molecule has 30 heavy (non-hydrogen) atoms. The molecule has 0 atom stereocenters. The first-order valence-electron chi connectivity index (χ1n) is 9.17. The highest BCUT2D eigenvalue weighted by Gasteiger charge is 2.10. The van der Waals surface area contributed by atoms with Crippen LogP contribution in [0, 0.1) is 5.82 Å². The Bertz CT molecular complexity index is 1030. The molecule has 2 aromatic carbocycles. The lowest BCUT2D eigenvalue weighted by Crippen LogP contribution is -2.27. The maximum atomic E-state index is 13.0. The van der Waals surface area contributed by atoms with Crippen LogP contribution in [0.4, 0.5) is 4.39 Å². The molecule has 0 aliphatic carbocycles. The molecule has 0 N–H and O–H groups in total. The summed E-state index contributed by atoms with van der Waals surface area (Å²) in [6.45, 7) is 2.02. The van der Waals surface area contributed by atoms with E-state index in [0.29, 0.717) is 12.1 Å². The number of ketones is 1. The lowest BCUT2D eigenvalue weighted by atomic mass is 10.1. The molecule has 164 valence electrons. The van der Waals surface area contributed by atoms with Gasteiger partial charge in [0.25, 0.3) is 0 Å². The van der Waals surface area contributed by atoms with Crippen molar-refractivity contribution in [3.8, 4) is 0 Å². The molecular weight excluding hydrogens is 468 g/mol. The maximum absolute atomic E-state index is 13.0. The van der Waals surface area contributed by atoms with Crippen molar-refractivity contribution in [2.24, 2.45) is 4.99 Å². The fourth-order valence-electron chi connectivity index (χ4n) is 3.13. The van der Waals surface area contributed by atoms with E-state index < -0.39 is 0 Å². The van der Waals surface area contributed by atoms with E-state index in [0.717, 1.165) is 46.0 Å². The van der Waals surface area contributed by atoms with Crippen molar-refractivity contribution in [1.29, 1.82) is 0 Å². The first-order valence-corrected chi connectivity index (χ1v) is 10.4. The summed E-state index contributed by atoms with van der Waals surface area (Å²) in [4.78, 5) is 19.6. The molecule has 0 saturated carbocycles. The van der Waals surface area contributed by atoms with Gasteiger partial charge in [0.1, 0.15) is 5.82 Å². The van der Waals surface area contributed by atoms with E-state index in [1.54, 1.807) is 18.4 Å². The number of unbranched alkanes of at least 4 members (excludes halogenated alkanes) is 1. The average molecular weight is 493 g/mol. The van der Waals surface area contributed by atoms with E-state index >= 15 is 0 Å². The zero-order valence-electron chi connectivity index (χ0n) is 16.8. The molecule has 0 saturated heterocycles. The van der Waals surface area contributed by atoms with Crippen molar-refractivity contribution < 1.29 is 9.18 Å². The number of benzene rings is 2. The summed E-state index contributed by atoms with van der Waals surface area (Å²) in [7, 11) is 3.74. The molecule has 0 aliphatic rings. The second kappa shape index (κ2) is 12.4. The van der Waals surface area contributed by atoms with E-state index in [4.69, 9.17) is 11.6 Å². The third-order valence-corrected chi connectivity index (χ3v) is 5.95. The van der Waals surface area contributed by atoms with Gasteiger partial charge in [-0.1, -0.05) is 22.9 Å². The highest BCUT2D eigenvalue weighted by atomic mass is 35.5. The Kier molecular flexibility index (Phi) is 11.0. The van der Waals surface area contributed by atoms with Crippen LogP contribution in [-0.2, 0) is 6.54 Å². The molecule has 0 radical (unpaired) electrons. The Hall–Kier alpha value is -1.44. The Morgan fingerprint density at radius 1 is 1.17 bits per heavy atom. The van der Waals surface area contributed by atoms with Gasteiger partial charge in [0.2, 0.25) is 0 Å². The molecule has 1 aromatic heterocycles. The van der Waals surface area contributed by atoms with E-state index in [2.05, 4.69) is 9.56 Å². The Labute approximate surface area is 197 Å². The smallest absolute Gasteiger partial charge is 0.185 e. The van der Waals surface area contributed by atoms with Gasteiger partial charge in [0.05, 0.1) is 16.8 Å². The fourth-order valence-corrected chi connectivity index (χ4v) is 4.43. The number of hydrogen-bond donors (Lipinski definition) is 0. The van der Waals surface area contributed by atoms with Crippen LogP contribution in [0.2, 0.25) is 5.02 Å². The highest BCUT2D eigenvalue weighted by molar-refractivity contribution is 7.16. The SMILES string of the molecule is CN=c1sc2cc(Cl)ccc2n1CCCCN(C)CC(=O)c1ccc(F)cc1.Cl.Cl. The number of nitrogens with zero attached hydrogens (tertiary/aromatic N) is 3. The van der Waals surface area contributed by atoms with Crippen LogP contribution < -0.4 is 4.80 Å². The second-order valence-electron chi connectivity index (χ2n) is 6.75. The number of fused-ring (bicyclic) bond motifs is 1. The van der Waals surface area contributed by atoms with Crippen LogP contribution in [0.1, 0.15) is 23.2 Å². The molecule has 1 heterocycles. The van der Waals surface area contributed by atoms with Crippen LogP contribution in [-0.4, -0.2) is 42.4 Å². The predicted molar refractivity (Wildman–Crippen MR) is 128 cm³/mol. The summed E-state index contributed by atoms with van der Waals surface area (Å²) in [6.07, 6.45) is 1.95. The molecule has 0 amide bonds. The second-order valence-corrected chi connectivity index (χ2v) is 8.19. The summed E-state index contributed by atoms with van der Waals surface area (Å²) in [5.74, 6) is -0.325. The van der Waals surface area contributed by atoms with Gasteiger partial charge in [-0.25, -0.2) is 4.39 Å². The molecule has 9 heteroatoms. The van der Waals surface area contributed by atoms with E-state index in [-0.39, 0.29) is 36.4 Å². The monoisotopic (exact) mass is 491 g/mol. The number of carbonyl (C=O) groups is 1. The zero-order valence-corrected chi connectivity index (χ0v) is 20.0. The Morgan fingerprint density at radius 2 is 1.87 bits per heavy atom. The summed E-state index contributed by atoms with van der Waals surface area (Å²) < 4.78 is 16.3. The van der Waals surface area contributed by atoms with Crippen LogP contribution in [0.5, 0.6) is 0 Å². The van der Waals surface area contributed by atoms with Crippen LogP contribution >= 0.6 is 47.8 Å². The molecule has 0 bridgehead atoms. The largest absolute Gasteiger partial charge is 0.317 e. The molecule has 0 unspecified atom stereocenters. The zero-order chi connectivity index (χ0) is 20.1. The van der Waals surface area contributed by atoms with Crippen LogP contribution in [0.25, 0.3) is 10.2 Å². The number of likely N-dealkylation sites (N-methyl/N-ethyl adjacent to an activating group) is 1. The first kappa shape index (κ1) is 26.6. The summed E-state index contributed by atoms with van der Waals surface area (Å²) in [5.41, 5.74) is 1.69. The van der Waals surface area contributed by atoms with Gasteiger partial charge in [-0.2, -0.15) is 0 Å². The van der Waals surface area contributed by atoms with Crippen molar-refractivity contribution >= 4 is 63.8 Å². The number of hydrogen-bond acceptors (Lipinski definition) is 4. The average Bonchev–Trinajstić information content (AvgIpc) is 3.02.